The van der Waals surface area contributed by atoms with Gasteiger partial charge in [0.25, 0.3) is 6.35 Å². The van der Waals surface area contributed by atoms with E-state index in [9.17, 15) is 4.79 Å². The Morgan fingerprint density at radius 1 is 1.14 bits per heavy atom. The summed E-state index contributed by atoms with van der Waals surface area (Å²) in [4.78, 5) is 15.6. The number of rotatable bonds is 11. The summed E-state index contributed by atoms with van der Waals surface area (Å²) in [6.45, 7) is 5.22. The van der Waals surface area contributed by atoms with Crippen molar-refractivity contribution in [2.24, 2.45) is 0 Å². The molecule has 0 aliphatic carbocycles. The topological polar surface area (TPSA) is 60.5 Å². The van der Waals surface area contributed by atoms with Crippen molar-refractivity contribution >= 4 is 5.97 Å². The quantitative estimate of drug-likeness (QED) is 0.409. The third-order valence-electron chi connectivity index (χ3n) is 2.94. The van der Waals surface area contributed by atoms with Crippen LogP contribution < -0.4 is 0 Å². The van der Waals surface area contributed by atoms with E-state index in [1.54, 1.807) is 7.11 Å². The summed E-state index contributed by atoms with van der Waals surface area (Å²) in [5.41, 5.74) is 0. The van der Waals surface area contributed by atoms with Gasteiger partial charge in [0, 0.05) is 39.7 Å². The first-order chi connectivity index (χ1) is 10.2. The minimum Gasteiger partial charge on any atom is -0.422 e. The third-order valence-corrected chi connectivity index (χ3v) is 2.94. The Kier molecular flexibility index (Phi) is 8.80. The first-order valence-electron chi connectivity index (χ1n) is 7.19. The molecule has 0 saturated carbocycles. The highest BCUT2D eigenvalue weighted by Gasteiger charge is 2.26. The second-order valence-electron chi connectivity index (χ2n) is 4.57. The molecule has 0 fully saturated rings. The Labute approximate surface area is 126 Å². The van der Waals surface area contributed by atoms with Crippen LogP contribution in [0.3, 0.4) is 0 Å². The van der Waals surface area contributed by atoms with E-state index in [4.69, 9.17) is 18.9 Å². The molecule has 0 N–H and O–H groups in total. The fourth-order valence-electron chi connectivity index (χ4n) is 1.80. The van der Waals surface area contributed by atoms with Crippen molar-refractivity contribution < 1.29 is 23.7 Å². The molecular formula is C14H26N2O5. The number of carbonyl (C=O) groups excluding carboxylic acids is 1. The van der Waals surface area contributed by atoms with Crippen molar-refractivity contribution in [1.29, 1.82) is 0 Å². The summed E-state index contributed by atoms with van der Waals surface area (Å²) in [6.07, 6.45) is 3.58. The molecule has 0 radical (unpaired) electrons. The van der Waals surface area contributed by atoms with Crippen LogP contribution in [0.15, 0.2) is 12.4 Å². The monoisotopic (exact) mass is 302 g/mol. The maximum atomic E-state index is 11.8. The van der Waals surface area contributed by atoms with Gasteiger partial charge in [0.2, 0.25) is 0 Å². The molecule has 1 rings (SSSR count). The molecule has 0 bridgehead atoms. The Balaban J connectivity index is 2.19. The molecular weight excluding hydrogens is 276 g/mol. The van der Waals surface area contributed by atoms with Gasteiger partial charge in [0.1, 0.15) is 0 Å². The molecule has 7 nitrogen and oxygen atoms in total. The van der Waals surface area contributed by atoms with Gasteiger partial charge in [-0.25, -0.2) is 0 Å². The maximum absolute atomic E-state index is 11.8. The summed E-state index contributed by atoms with van der Waals surface area (Å²) in [6, 6.07) is 0. The predicted octanol–water partition coefficient (Wildman–Crippen LogP) is 0.621. The number of ether oxygens (including phenoxy) is 4. The van der Waals surface area contributed by atoms with Crippen LogP contribution >= 0.6 is 0 Å². The van der Waals surface area contributed by atoms with E-state index in [2.05, 4.69) is 0 Å². The molecule has 0 aromatic heterocycles. The lowest BCUT2D eigenvalue weighted by molar-refractivity contribution is -0.168. The Morgan fingerprint density at radius 3 is 2.62 bits per heavy atom. The lowest BCUT2D eigenvalue weighted by Gasteiger charge is -2.29. The Morgan fingerprint density at radius 2 is 1.90 bits per heavy atom. The number of esters is 1. The van der Waals surface area contributed by atoms with E-state index < -0.39 is 6.35 Å². The summed E-state index contributed by atoms with van der Waals surface area (Å²) >= 11 is 0. The third kappa shape index (κ3) is 6.79. The summed E-state index contributed by atoms with van der Waals surface area (Å²) in [7, 11) is 3.50. The highest BCUT2D eigenvalue weighted by molar-refractivity contribution is 5.69. The average molecular weight is 302 g/mol. The van der Waals surface area contributed by atoms with E-state index in [0.717, 1.165) is 0 Å². The van der Waals surface area contributed by atoms with Gasteiger partial charge < -0.3 is 28.7 Å². The molecule has 0 amide bonds. The number of carbonyl (C=O) groups is 1. The van der Waals surface area contributed by atoms with Gasteiger partial charge in [0.05, 0.1) is 32.8 Å². The van der Waals surface area contributed by atoms with E-state index in [1.165, 1.54) is 0 Å². The van der Waals surface area contributed by atoms with E-state index in [-0.39, 0.29) is 12.4 Å². The SMILES string of the molecule is CCOCCOCCC(=O)OC1N(C)C=CN1CCOC. The van der Waals surface area contributed by atoms with Crippen molar-refractivity contribution in [2.45, 2.75) is 19.7 Å². The van der Waals surface area contributed by atoms with Crippen LogP contribution in [0.1, 0.15) is 13.3 Å². The summed E-state index contributed by atoms with van der Waals surface area (Å²) < 4.78 is 20.9. The minimum atomic E-state index is -0.406. The van der Waals surface area contributed by atoms with Crippen molar-refractivity contribution in [2.75, 3.05) is 53.7 Å². The van der Waals surface area contributed by atoms with Crippen LogP contribution in [0, 0.1) is 0 Å². The fourth-order valence-corrected chi connectivity index (χ4v) is 1.80. The van der Waals surface area contributed by atoms with Gasteiger partial charge >= 0.3 is 5.97 Å². The lowest BCUT2D eigenvalue weighted by Crippen LogP contribution is -2.41. The normalized spacial score (nSPS) is 17.6. The fraction of sp³-hybridized carbons (Fsp3) is 0.786. The van der Waals surface area contributed by atoms with Gasteiger partial charge in [0.15, 0.2) is 0 Å². The van der Waals surface area contributed by atoms with Crippen molar-refractivity contribution in [3.05, 3.63) is 12.4 Å². The zero-order valence-corrected chi connectivity index (χ0v) is 13.1. The lowest BCUT2D eigenvalue weighted by atomic mass is 10.4. The highest BCUT2D eigenvalue weighted by Crippen LogP contribution is 2.15. The number of nitrogens with zero attached hydrogens (tertiary/aromatic N) is 2. The Hall–Kier alpha value is -1.31. The van der Waals surface area contributed by atoms with Gasteiger partial charge in [-0.2, -0.15) is 0 Å². The number of hydrogen-bond donors (Lipinski definition) is 0. The van der Waals surface area contributed by atoms with Crippen LogP contribution in [-0.2, 0) is 23.7 Å². The van der Waals surface area contributed by atoms with Gasteiger partial charge in [-0.05, 0) is 6.92 Å². The van der Waals surface area contributed by atoms with E-state index in [0.29, 0.717) is 39.6 Å². The van der Waals surface area contributed by atoms with Crippen molar-refractivity contribution in [3.63, 3.8) is 0 Å². The molecule has 0 aromatic carbocycles. The minimum absolute atomic E-state index is 0.231. The Bertz CT molecular complexity index is 324. The van der Waals surface area contributed by atoms with Crippen LogP contribution in [0.2, 0.25) is 0 Å². The number of methoxy groups -OCH3 is 1. The molecule has 1 heterocycles. The van der Waals surface area contributed by atoms with Crippen LogP contribution in [0.5, 0.6) is 0 Å². The van der Waals surface area contributed by atoms with Crippen molar-refractivity contribution in [1.82, 2.24) is 9.80 Å². The number of hydrogen-bond acceptors (Lipinski definition) is 7. The molecule has 21 heavy (non-hydrogen) atoms. The molecule has 1 unspecified atom stereocenters. The van der Waals surface area contributed by atoms with Gasteiger partial charge in [-0.15, -0.1) is 0 Å². The van der Waals surface area contributed by atoms with Gasteiger partial charge in [-0.3, -0.25) is 4.79 Å². The van der Waals surface area contributed by atoms with Crippen LogP contribution in [0.25, 0.3) is 0 Å². The molecule has 1 aliphatic heterocycles. The second-order valence-corrected chi connectivity index (χ2v) is 4.57. The standard InChI is InChI=1S/C14H26N2O5/c1-4-19-11-12-20-9-5-13(17)21-14-15(2)6-7-16(14)8-10-18-3/h6-7,14H,4-5,8-12H2,1-3H3. The van der Waals surface area contributed by atoms with Crippen LogP contribution in [-0.4, -0.2) is 75.9 Å². The van der Waals surface area contributed by atoms with Crippen LogP contribution in [0.4, 0.5) is 0 Å². The molecule has 0 saturated heterocycles. The average Bonchev–Trinajstić information content (AvgIpc) is 2.81. The first-order valence-corrected chi connectivity index (χ1v) is 7.19. The van der Waals surface area contributed by atoms with E-state index in [1.807, 2.05) is 36.2 Å². The molecule has 122 valence electrons. The van der Waals surface area contributed by atoms with E-state index >= 15 is 0 Å². The van der Waals surface area contributed by atoms with Crippen molar-refractivity contribution in [3.8, 4) is 0 Å². The highest BCUT2D eigenvalue weighted by atomic mass is 16.6. The first kappa shape index (κ1) is 17.7. The molecule has 1 aliphatic rings. The molecule has 0 spiro atoms. The largest absolute Gasteiger partial charge is 0.422 e. The van der Waals surface area contributed by atoms with Gasteiger partial charge in [-0.1, -0.05) is 0 Å². The maximum Gasteiger partial charge on any atom is 0.311 e. The molecule has 0 aromatic rings. The zero-order chi connectivity index (χ0) is 15.5. The molecule has 7 heteroatoms. The zero-order valence-electron chi connectivity index (χ0n) is 13.1. The summed E-state index contributed by atoms with van der Waals surface area (Å²) in [5.74, 6) is -0.283. The molecule has 1 atom stereocenters. The second kappa shape index (κ2) is 10.4. The smallest absolute Gasteiger partial charge is 0.311 e. The predicted molar refractivity (Wildman–Crippen MR) is 77.3 cm³/mol. The summed E-state index contributed by atoms with van der Waals surface area (Å²) in [5, 5.41) is 0.